The first-order valence-electron chi connectivity index (χ1n) is 4.19. The molecule has 6 nitrogen and oxygen atoms in total. The van der Waals surface area contributed by atoms with Gasteiger partial charge in [0.05, 0.1) is 6.54 Å². The maximum Gasteiger partial charge on any atom is 0.312 e. The van der Waals surface area contributed by atoms with Crippen LogP contribution < -0.4 is 5.32 Å². The van der Waals surface area contributed by atoms with E-state index >= 15 is 0 Å². The van der Waals surface area contributed by atoms with Gasteiger partial charge in [-0.3, -0.25) is 14.4 Å². The molecule has 6 heteroatoms. The zero-order chi connectivity index (χ0) is 11.1. The highest BCUT2D eigenvalue weighted by atomic mass is 16.4. The number of aliphatic carboxylic acids is 1. The molecule has 0 aliphatic rings. The molecule has 0 saturated carbocycles. The average Bonchev–Trinajstić information content (AvgIpc) is 2.11. The van der Waals surface area contributed by atoms with Crippen LogP contribution in [0.1, 0.15) is 13.3 Å². The van der Waals surface area contributed by atoms with E-state index in [1.807, 2.05) is 0 Å². The third-order valence-corrected chi connectivity index (χ3v) is 1.65. The minimum Gasteiger partial charge on any atom is -0.481 e. The average molecular weight is 202 g/mol. The van der Waals surface area contributed by atoms with Crippen LogP contribution in [0.2, 0.25) is 0 Å². The molecule has 2 amide bonds. The van der Waals surface area contributed by atoms with Gasteiger partial charge in [0.25, 0.3) is 0 Å². The van der Waals surface area contributed by atoms with Crippen LogP contribution in [0, 0.1) is 0 Å². The molecule has 0 bridgehead atoms. The summed E-state index contributed by atoms with van der Waals surface area (Å²) in [6, 6.07) is 0. The highest BCUT2D eigenvalue weighted by molar-refractivity contribution is 5.95. The number of hydrogen-bond acceptors (Lipinski definition) is 3. The van der Waals surface area contributed by atoms with Gasteiger partial charge in [-0.25, -0.2) is 0 Å². The lowest BCUT2D eigenvalue weighted by molar-refractivity contribution is -0.141. The number of likely N-dealkylation sites (N-methyl/N-ethyl adjacent to an activating group) is 1. The molecule has 0 heterocycles. The second-order valence-electron chi connectivity index (χ2n) is 2.76. The van der Waals surface area contributed by atoms with Gasteiger partial charge >= 0.3 is 5.97 Å². The van der Waals surface area contributed by atoms with E-state index in [0.29, 0.717) is 6.54 Å². The maximum atomic E-state index is 11.1. The predicted octanol–water partition coefficient (Wildman–Crippen LogP) is -0.944. The number of rotatable bonds is 5. The zero-order valence-electron chi connectivity index (χ0n) is 8.24. The van der Waals surface area contributed by atoms with Gasteiger partial charge < -0.3 is 15.3 Å². The van der Waals surface area contributed by atoms with E-state index in [2.05, 4.69) is 5.32 Å². The van der Waals surface area contributed by atoms with Crippen molar-refractivity contribution in [1.29, 1.82) is 0 Å². The summed E-state index contributed by atoms with van der Waals surface area (Å²) < 4.78 is 0. The topological polar surface area (TPSA) is 86.7 Å². The molecule has 0 aliphatic heterocycles. The molecule has 0 spiro atoms. The van der Waals surface area contributed by atoms with Gasteiger partial charge in [0.1, 0.15) is 6.42 Å². The van der Waals surface area contributed by atoms with Gasteiger partial charge in [0.2, 0.25) is 11.8 Å². The molecule has 0 fully saturated rings. The molecule has 2 N–H and O–H groups in total. The summed E-state index contributed by atoms with van der Waals surface area (Å²) in [7, 11) is 1.60. The van der Waals surface area contributed by atoms with E-state index in [9.17, 15) is 14.4 Å². The molecule has 0 saturated heterocycles. The third-order valence-electron chi connectivity index (χ3n) is 1.65. The smallest absolute Gasteiger partial charge is 0.312 e. The molecule has 0 aromatic carbocycles. The minimum absolute atomic E-state index is 0.156. The standard InChI is InChI=1S/C8H14N2O4/c1-3-10(2)7(12)5-9-6(11)4-8(13)14/h3-5H2,1-2H3,(H,9,11)(H,13,14). The lowest BCUT2D eigenvalue weighted by atomic mass is 10.4. The van der Waals surface area contributed by atoms with Crippen molar-refractivity contribution in [2.75, 3.05) is 20.1 Å². The number of carboxylic acids is 1. The lowest BCUT2D eigenvalue weighted by Gasteiger charge is -2.14. The molecule has 0 rings (SSSR count). The highest BCUT2D eigenvalue weighted by Gasteiger charge is 2.10. The monoisotopic (exact) mass is 202 g/mol. The number of carbonyl (C=O) groups is 3. The molecule has 0 atom stereocenters. The lowest BCUT2D eigenvalue weighted by Crippen LogP contribution is -2.38. The Morgan fingerprint density at radius 2 is 1.93 bits per heavy atom. The second-order valence-corrected chi connectivity index (χ2v) is 2.76. The molecule has 0 unspecified atom stereocenters. The number of carboxylic acid groups (broad SMARTS) is 1. The summed E-state index contributed by atoms with van der Waals surface area (Å²) in [5, 5.41) is 10.5. The largest absolute Gasteiger partial charge is 0.481 e. The van der Waals surface area contributed by atoms with Crippen molar-refractivity contribution in [2.45, 2.75) is 13.3 Å². The van der Waals surface area contributed by atoms with Gasteiger partial charge in [-0.1, -0.05) is 0 Å². The van der Waals surface area contributed by atoms with Crippen molar-refractivity contribution in [1.82, 2.24) is 10.2 Å². The molecule has 0 aromatic heterocycles. The Labute approximate surface area is 81.9 Å². The van der Waals surface area contributed by atoms with E-state index in [0.717, 1.165) is 0 Å². The van der Waals surface area contributed by atoms with Gasteiger partial charge in [-0.05, 0) is 6.92 Å². The van der Waals surface area contributed by atoms with Crippen molar-refractivity contribution < 1.29 is 19.5 Å². The van der Waals surface area contributed by atoms with Crippen molar-refractivity contribution in [3.8, 4) is 0 Å². The first kappa shape index (κ1) is 12.4. The van der Waals surface area contributed by atoms with Crippen molar-refractivity contribution in [2.24, 2.45) is 0 Å². The van der Waals surface area contributed by atoms with Gasteiger partial charge in [0.15, 0.2) is 0 Å². The van der Waals surface area contributed by atoms with E-state index in [1.165, 1.54) is 4.90 Å². The highest BCUT2D eigenvalue weighted by Crippen LogP contribution is 1.83. The third kappa shape index (κ3) is 5.13. The van der Waals surface area contributed by atoms with Crippen LogP contribution in [0.25, 0.3) is 0 Å². The Hall–Kier alpha value is -1.59. The van der Waals surface area contributed by atoms with Gasteiger partial charge in [0, 0.05) is 13.6 Å². The molecular weight excluding hydrogens is 188 g/mol. The predicted molar refractivity (Wildman–Crippen MR) is 48.6 cm³/mol. The van der Waals surface area contributed by atoms with E-state index in [1.54, 1.807) is 14.0 Å². The second kappa shape index (κ2) is 5.95. The fourth-order valence-corrected chi connectivity index (χ4v) is 0.685. The number of nitrogens with one attached hydrogen (secondary N) is 1. The van der Waals surface area contributed by atoms with E-state index < -0.39 is 18.3 Å². The Bertz CT molecular complexity index is 239. The number of carbonyl (C=O) groups excluding carboxylic acids is 2. The van der Waals surface area contributed by atoms with E-state index in [-0.39, 0.29) is 12.5 Å². The van der Waals surface area contributed by atoms with Gasteiger partial charge in [-0.2, -0.15) is 0 Å². The molecule has 14 heavy (non-hydrogen) atoms. The molecular formula is C8H14N2O4. The van der Waals surface area contributed by atoms with Crippen LogP contribution in [0.5, 0.6) is 0 Å². The normalized spacial score (nSPS) is 9.29. The van der Waals surface area contributed by atoms with Crippen molar-refractivity contribution in [3.63, 3.8) is 0 Å². The molecule has 0 aromatic rings. The molecule has 0 aliphatic carbocycles. The number of nitrogens with zero attached hydrogens (tertiary/aromatic N) is 1. The quantitative estimate of drug-likeness (QED) is 0.563. The first-order chi connectivity index (χ1) is 6.47. The fraction of sp³-hybridized carbons (Fsp3) is 0.625. The van der Waals surface area contributed by atoms with E-state index in [4.69, 9.17) is 5.11 Å². The number of hydrogen-bond donors (Lipinski definition) is 2. The van der Waals surface area contributed by atoms with Crippen molar-refractivity contribution in [3.05, 3.63) is 0 Å². The summed E-state index contributed by atoms with van der Waals surface area (Å²) >= 11 is 0. The summed E-state index contributed by atoms with van der Waals surface area (Å²) in [4.78, 5) is 33.5. The Kier molecular flexibility index (Phi) is 5.28. The van der Waals surface area contributed by atoms with Gasteiger partial charge in [-0.15, -0.1) is 0 Å². The van der Waals surface area contributed by atoms with Crippen LogP contribution in [0.4, 0.5) is 0 Å². The number of amides is 2. The Morgan fingerprint density at radius 3 is 2.36 bits per heavy atom. The van der Waals surface area contributed by atoms with Crippen LogP contribution >= 0.6 is 0 Å². The van der Waals surface area contributed by atoms with Crippen LogP contribution in [-0.4, -0.2) is 47.9 Å². The summed E-state index contributed by atoms with van der Waals surface area (Å²) in [5.74, 6) is -2.11. The fourth-order valence-electron chi connectivity index (χ4n) is 0.685. The summed E-state index contributed by atoms with van der Waals surface area (Å²) in [5.41, 5.74) is 0. The molecule has 0 radical (unpaired) electrons. The zero-order valence-corrected chi connectivity index (χ0v) is 8.24. The summed E-state index contributed by atoms with van der Waals surface area (Å²) in [6.07, 6.45) is -0.608. The summed E-state index contributed by atoms with van der Waals surface area (Å²) in [6.45, 7) is 2.20. The first-order valence-corrected chi connectivity index (χ1v) is 4.19. The van der Waals surface area contributed by atoms with Crippen molar-refractivity contribution >= 4 is 17.8 Å². The van der Waals surface area contributed by atoms with Crippen LogP contribution in [0.3, 0.4) is 0 Å². The maximum absolute atomic E-state index is 11.1. The minimum atomic E-state index is -1.21. The Balaban J connectivity index is 3.77. The van der Waals surface area contributed by atoms with Crippen LogP contribution in [0.15, 0.2) is 0 Å². The Morgan fingerprint density at radius 1 is 1.36 bits per heavy atom. The SMILES string of the molecule is CCN(C)C(=O)CNC(=O)CC(=O)O. The van der Waals surface area contributed by atoms with Crippen LogP contribution in [-0.2, 0) is 14.4 Å². The molecule has 80 valence electrons.